The number of alkyl halides is 3. The molecule has 3 rings (SSSR count). The third-order valence-electron chi connectivity index (χ3n) is 5.13. The van der Waals surface area contributed by atoms with E-state index < -0.39 is 11.7 Å². The van der Waals surface area contributed by atoms with Gasteiger partial charge in [-0.05, 0) is 42.7 Å². The Labute approximate surface area is 180 Å². The zero-order valence-electron chi connectivity index (χ0n) is 17.8. The first-order valence-electron chi connectivity index (χ1n) is 10.3. The molecule has 0 spiro atoms. The van der Waals surface area contributed by atoms with Crippen molar-refractivity contribution in [2.75, 3.05) is 26.9 Å². The van der Waals surface area contributed by atoms with E-state index in [0.717, 1.165) is 54.2 Å². The Bertz CT molecular complexity index is 877. The molecule has 2 aromatic carbocycles. The highest BCUT2D eigenvalue weighted by Gasteiger charge is 2.29. The Balaban J connectivity index is 1.54. The van der Waals surface area contributed by atoms with E-state index in [9.17, 15) is 13.2 Å². The largest absolute Gasteiger partial charge is 0.493 e. The second kappa shape index (κ2) is 10.5. The van der Waals surface area contributed by atoms with Gasteiger partial charge < -0.3 is 20.1 Å². The molecule has 0 radical (unpaired) electrons. The van der Waals surface area contributed by atoms with E-state index in [0.29, 0.717) is 31.6 Å². The van der Waals surface area contributed by atoms with Crippen LogP contribution in [0.1, 0.15) is 28.7 Å². The molecule has 1 aliphatic rings. The van der Waals surface area contributed by atoms with Crippen LogP contribution in [0.5, 0.6) is 5.75 Å². The zero-order chi connectivity index (χ0) is 22.3. The summed E-state index contributed by atoms with van der Waals surface area (Å²) in [4.78, 5) is 4.19. The summed E-state index contributed by atoms with van der Waals surface area (Å²) in [6.45, 7) is 5.03. The van der Waals surface area contributed by atoms with Gasteiger partial charge in [0, 0.05) is 38.2 Å². The number of guanidine groups is 1. The van der Waals surface area contributed by atoms with Crippen molar-refractivity contribution in [2.45, 2.75) is 32.6 Å². The predicted octanol–water partition coefficient (Wildman–Crippen LogP) is 4.29. The summed E-state index contributed by atoms with van der Waals surface area (Å²) in [5, 5.41) is 6.36. The number of ether oxygens (including phenoxy) is 2. The quantitative estimate of drug-likeness (QED) is 0.503. The lowest BCUT2D eigenvalue weighted by atomic mass is 10.1. The first-order valence-corrected chi connectivity index (χ1v) is 10.3. The highest BCUT2D eigenvalue weighted by Crippen LogP contribution is 2.29. The van der Waals surface area contributed by atoms with Crippen LogP contribution < -0.4 is 15.4 Å². The molecule has 2 N–H and O–H groups in total. The fourth-order valence-corrected chi connectivity index (χ4v) is 3.26. The fourth-order valence-electron chi connectivity index (χ4n) is 3.26. The van der Waals surface area contributed by atoms with Gasteiger partial charge in [0.15, 0.2) is 5.96 Å². The van der Waals surface area contributed by atoms with Crippen LogP contribution in [0.4, 0.5) is 13.2 Å². The maximum absolute atomic E-state index is 12.7. The summed E-state index contributed by atoms with van der Waals surface area (Å²) >= 11 is 0. The van der Waals surface area contributed by atoms with Crippen molar-refractivity contribution in [1.82, 2.24) is 10.6 Å². The SMILES string of the molecule is CN=C(NCc1ccc(C(F)(F)F)cc1)NCc1ccc(C)cc1OCC1CCOC1. The average molecular weight is 435 g/mol. The number of hydrogen-bond donors (Lipinski definition) is 2. The van der Waals surface area contributed by atoms with Crippen LogP contribution in [0.25, 0.3) is 0 Å². The van der Waals surface area contributed by atoms with Gasteiger partial charge in [0.25, 0.3) is 0 Å². The van der Waals surface area contributed by atoms with Crippen molar-refractivity contribution >= 4 is 5.96 Å². The van der Waals surface area contributed by atoms with Gasteiger partial charge in [0.1, 0.15) is 5.75 Å². The average Bonchev–Trinajstić information content (AvgIpc) is 3.27. The lowest BCUT2D eigenvalue weighted by Crippen LogP contribution is -2.36. The van der Waals surface area contributed by atoms with Gasteiger partial charge in [-0.25, -0.2) is 0 Å². The van der Waals surface area contributed by atoms with E-state index in [4.69, 9.17) is 9.47 Å². The summed E-state index contributed by atoms with van der Waals surface area (Å²) in [6.07, 6.45) is -3.32. The van der Waals surface area contributed by atoms with Crippen LogP contribution in [0.15, 0.2) is 47.5 Å². The molecule has 0 aliphatic carbocycles. The standard InChI is InChI=1S/C23H28F3N3O2/c1-16-3-6-19(21(11-16)31-15-18-9-10-30-14-18)13-29-22(27-2)28-12-17-4-7-20(8-5-17)23(24,25)26/h3-8,11,18H,9-10,12-15H2,1-2H3,(H2,27,28,29). The molecule has 1 unspecified atom stereocenters. The molecule has 31 heavy (non-hydrogen) atoms. The van der Waals surface area contributed by atoms with Gasteiger partial charge in [0.2, 0.25) is 0 Å². The van der Waals surface area contributed by atoms with Crippen molar-refractivity contribution < 1.29 is 22.6 Å². The van der Waals surface area contributed by atoms with Crippen LogP contribution in [0, 0.1) is 12.8 Å². The van der Waals surface area contributed by atoms with Gasteiger partial charge in [0.05, 0.1) is 18.8 Å². The Morgan fingerprint density at radius 3 is 2.52 bits per heavy atom. The van der Waals surface area contributed by atoms with Crippen molar-refractivity contribution in [3.05, 3.63) is 64.7 Å². The third-order valence-corrected chi connectivity index (χ3v) is 5.13. The number of nitrogens with one attached hydrogen (secondary N) is 2. The van der Waals surface area contributed by atoms with Crippen molar-refractivity contribution in [1.29, 1.82) is 0 Å². The normalized spacial score (nSPS) is 16.9. The minimum absolute atomic E-state index is 0.358. The summed E-state index contributed by atoms with van der Waals surface area (Å²) in [5.41, 5.74) is 2.19. The van der Waals surface area contributed by atoms with Crippen molar-refractivity contribution in [3.63, 3.8) is 0 Å². The molecule has 1 heterocycles. The number of nitrogens with zero attached hydrogens (tertiary/aromatic N) is 1. The van der Waals surface area contributed by atoms with Crippen LogP contribution in [0.2, 0.25) is 0 Å². The molecule has 0 aromatic heterocycles. The molecule has 0 bridgehead atoms. The first kappa shape index (κ1) is 22.9. The topological polar surface area (TPSA) is 54.9 Å². The van der Waals surface area contributed by atoms with Gasteiger partial charge in [-0.15, -0.1) is 0 Å². The summed E-state index contributed by atoms with van der Waals surface area (Å²) in [6, 6.07) is 11.2. The monoisotopic (exact) mass is 435 g/mol. The Morgan fingerprint density at radius 1 is 1.13 bits per heavy atom. The smallest absolute Gasteiger partial charge is 0.416 e. The molecular formula is C23H28F3N3O2. The van der Waals surface area contributed by atoms with E-state index in [-0.39, 0.29) is 0 Å². The van der Waals surface area contributed by atoms with E-state index in [1.54, 1.807) is 7.05 Å². The number of aliphatic imine (C=N–C) groups is 1. The van der Waals surface area contributed by atoms with Crippen LogP contribution in [-0.4, -0.2) is 32.8 Å². The molecular weight excluding hydrogens is 407 g/mol. The molecule has 0 amide bonds. The molecule has 5 nitrogen and oxygen atoms in total. The molecule has 1 aliphatic heterocycles. The third kappa shape index (κ3) is 6.89. The Hall–Kier alpha value is -2.74. The molecule has 2 aromatic rings. The minimum Gasteiger partial charge on any atom is -0.493 e. The minimum atomic E-state index is -4.33. The summed E-state index contributed by atoms with van der Waals surface area (Å²) in [7, 11) is 1.65. The summed E-state index contributed by atoms with van der Waals surface area (Å²) < 4.78 is 49.5. The maximum atomic E-state index is 12.7. The lowest BCUT2D eigenvalue weighted by Gasteiger charge is -2.17. The fraction of sp³-hybridized carbons (Fsp3) is 0.435. The highest BCUT2D eigenvalue weighted by atomic mass is 19.4. The van der Waals surface area contributed by atoms with E-state index in [2.05, 4.69) is 15.6 Å². The number of aryl methyl sites for hydroxylation is 1. The maximum Gasteiger partial charge on any atom is 0.416 e. The second-order valence-electron chi connectivity index (χ2n) is 7.63. The van der Waals surface area contributed by atoms with Gasteiger partial charge in [-0.3, -0.25) is 4.99 Å². The molecule has 1 fully saturated rings. The number of rotatable bonds is 7. The van der Waals surface area contributed by atoms with Crippen molar-refractivity contribution in [2.24, 2.45) is 10.9 Å². The van der Waals surface area contributed by atoms with Gasteiger partial charge >= 0.3 is 6.18 Å². The molecule has 1 saturated heterocycles. The Kier molecular flexibility index (Phi) is 7.79. The first-order chi connectivity index (χ1) is 14.8. The molecule has 8 heteroatoms. The second-order valence-corrected chi connectivity index (χ2v) is 7.63. The highest BCUT2D eigenvalue weighted by molar-refractivity contribution is 5.79. The van der Waals surface area contributed by atoms with Crippen LogP contribution in [-0.2, 0) is 24.0 Å². The molecule has 1 atom stereocenters. The number of halogens is 3. The van der Waals surface area contributed by atoms with E-state index in [1.807, 2.05) is 25.1 Å². The van der Waals surface area contributed by atoms with Gasteiger partial charge in [-0.1, -0.05) is 24.3 Å². The predicted molar refractivity (Wildman–Crippen MR) is 114 cm³/mol. The number of benzene rings is 2. The lowest BCUT2D eigenvalue weighted by molar-refractivity contribution is -0.137. The summed E-state index contributed by atoms with van der Waals surface area (Å²) in [5.74, 6) is 1.80. The van der Waals surface area contributed by atoms with Crippen LogP contribution in [0.3, 0.4) is 0 Å². The van der Waals surface area contributed by atoms with E-state index in [1.165, 1.54) is 12.1 Å². The number of hydrogen-bond acceptors (Lipinski definition) is 3. The van der Waals surface area contributed by atoms with Gasteiger partial charge in [-0.2, -0.15) is 13.2 Å². The van der Waals surface area contributed by atoms with E-state index >= 15 is 0 Å². The Morgan fingerprint density at radius 2 is 1.87 bits per heavy atom. The van der Waals surface area contributed by atoms with Crippen molar-refractivity contribution in [3.8, 4) is 5.75 Å². The molecule has 168 valence electrons. The zero-order valence-corrected chi connectivity index (χ0v) is 17.8. The van der Waals surface area contributed by atoms with Crippen LogP contribution >= 0.6 is 0 Å². The molecule has 0 saturated carbocycles.